The van der Waals surface area contributed by atoms with E-state index in [0.29, 0.717) is 6.61 Å². The molecule has 0 amide bonds. The number of carbonyl (C=O) groups excluding carboxylic acids is 1. The summed E-state index contributed by atoms with van der Waals surface area (Å²) in [6.45, 7) is 6.29. The average molecular weight is 254 g/mol. The van der Waals surface area contributed by atoms with E-state index in [0.717, 1.165) is 0 Å². The highest BCUT2D eigenvalue weighted by atomic mass is 32.2. The molecule has 0 aromatic heterocycles. The van der Waals surface area contributed by atoms with Crippen LogP contribution in [-0.4, -0.2) is 37.6 Å². The minimum Gasteiger partial charge on any atom is -0.437 e. The van der Waals surface area contributed by atoms with E-state index in [4.69, 9.17) is 9.29 Å². The number of hydrogen-bond donors (Lipinski definition) is 1. The van der Waals surface area contributed by atoms with Crippen LogP contribution in [-0.2, 0) is 24.4 Å². The fourth-order valence-corrected chi connectivity index (χ4v) is 2.39. The standard InChI is InChI=1S/C9H18O6S/c1-5-14-6-15-8(10)7(9(2,3)4)16(11,12)13/h7H,5-6H2,1-4H3,(H,11,12,13). The van der Waals surface area contributed by atoms with Crippen LogP contribution < -0.4 is 0 Å². The van der Waals surface area contributed by atoms with Crippen LogP contribution in [0.25, 0.3) is 0 Å². The Hall–Kier alpha value is -0.660. The first-order chi connectivity index (χ1) is 7.10. The number of hydrogen-bond acceptors (Lipinski definition) is 5. The summed E-state index contributed by atoms with van der Waals surface area (Å²) in [6, 6.07) is 0. The molecule has 96 valence electrons. The van der Waals surface area contributed by atoms with E-state index in [9.17, 15) is 13.2 Å². The molecule has 16 heavy (non-hydrogen) atoms. The Balaban J connectivity index is 4.75. The van der Waals surface area contributed by atoms with Crippen molar-refractivity contribution in [2.45, 2.75) is 32.9 Å². The Bertz CT molecular complexity index is 326. The van der Waals surface area contributed by atoms with Gasteiger partial charge in [0.25, 0.3) is 10.1 Å². The molecule has 0 bridgehead atoms. The lowest BCUT2D eigenvalue weighted by Gasteiger charge is -2.25. The predicted molar refractivity (Wildman–Crippen MR) is 57.4 cm³/mol. The highest BCUT2D eigenvalue weighted by Gasteiger charge is 2.42. The van der Waals surface area contributed by atoms with Crippen molar-refractivity contribution >= 4 is 16.1 Å². The summed E-state index contributed by atoms with van der Waals surface area (Å²) in [5, 5.41) is -1.61. The van der Waals surface area contributed by atoms with Gasteiger partial charge in [0.1, 0.15) is 0 Å². The molecule has 0 fully saturated rings. The smallest absolute Gasteiger partial charge is 0.329 e. The van der Waals surface area contributed by atoms with Gasteiger partial charge in [-0.25, -0.2) is 0 Å². The first-order valence-electron chi connectivity index (χ1n) is 4.81. The van der Waals surface area contributed by atoms with E-state index < -0.39 is 26.8 Å². The largest absolute Gasteiger partial charge is 0.437 e. The number of carbonyl (C=O) groups is 1. The maximum absolute atomic E-state index is 11.5. The lowest BCUT2D eigenvalue weighted by Crippen LogP contribution is -2.42. The van der Waals surface area contributed by atoms with Gasteiger partial charge in [0.05, 0.1) is 0 Å². The summed E-state index contributed by atoms with van der Waals surface area (Å²) in [4.78, 5) is 11.5. The highest BCUT2D eigenvalue weighted by Crippen LogP contribution is 2.26. The molecule has 0 rings (SSSR count). The fourth-order valence-electron chi connectivity index (χ4n) is 1.18. The molecule has 0 aromatic carbocycles. The maximum atomic E-state index is 11.5. The Kier molecular flexibility index (Phi) is 5.37. The molecule has 1 atom stereocenters. The van der Waals surface area contributed by atoms with E-state index in [1.165, 1.54) is 20.8 Å². The van der Waals surface area contributed by atoms with E-state index in [2.05, 4.69) is 4.74 Å². The van der Waals surface area contributed by atoms with Crippen LogP contribution in [0.1, 0.15) is 27.7 Å². The van der Waals surface area contributed by atoms with E-state index in [-0.39, 0.29) is 6.79 Å². The van der Waals surface area contributed by atoms with Crippen LogP contribution in [0, 0.1) is 5.41 Å². The number of rotatable bonds is 5. The van der Waals surface area contributed by atoms with Gasteiger partial charge in [-0.3, -0.25) is 9.35 Å². The van der Waals surface area contributed by atoms with Crippen LogP contribution in [0.3, 0.4) is 0 Å². The van der Waals surface area contributed by atoms with Crippen molar-refractivity contribution in [3.63, 3.8) is 0 Å². The van der Waals surface area contributed by atoms with Crippen LogP contribution in [0.5, 0.6) is 0 Å². The SMILES string of the molecule is CCOCOC(=O)C(C(C)(C)C)S(=O)(=O)O. The van der Waals surface area contributed by atoms with Crippen LogP contribution in [0.15, 0.2) is 0 Å². The van der Waals surface area contributed by atoms with Crippen molar-refractivity contribution in [3.05, 3.63) is 0 Å². The van der Waals surface area contributed by atoms with Gasteiger partial charge in [0.2, 0.25) is 0 Å². The van der Waals surface area contributed by atoms with Gasteiger partial charge in [-0.15, -0.1) is 0 Å². The Morgan fingerprint density at radius 1 is 1.38 bits per heavy atom. The molecule has 0 spiro atoms. The molecule has 0 radical (unpaired) electrons. The van der Waals surface area contributed by atoms with Crippen molar-refractivity contribution in [1.29, 1.82) is 0 Å². The second-order valence-electron chi connectivity index (χ2n) is 4.34. The van der Waals surface area contributed by atoms with Crippen LogP contribution in [0.4, 0.5) is 0 Å². The van der Waals surface area contributed by atoms with E-state index >= 15 is 0 Å². The van der Waals surface area contributed by atoms with Gasteiger partial charge < -0.3 is 9.47 Å². The molecule has 1 N–H and O–H groups in total. The number of ether oxygens (including phenoxy) is 2. The molecule has 0 saturated carbocycles. The Morgan fingerprint density at radius 2 is 1.88 bits per heavy atom. The summed E-state index contributed by atoms with van der Waals surface area (Å²) in [5.74, 6) is -1.01. The van der Waals surface area contributed by atoms with Gasteiger partial charge >= 0.3 is 5.97 Å². The molecule has 0 aliphatic heterocycles. The first kappa shape index (κ1) is 15.3. The molecule has 0 heterocycles. The summed E-state index contributed by atoms with van der Waals surface area (Å²) in [6.07, 6.45) is 0. The summed E-state index contributed by atoms with van der Waals surface area (Å²) in [7, 11) is -4.49. The lowest BCUT2D eigenvalue weighted by molar-refractivity contribution is -0.157. The van der Waals surface area contributed by atoms with Gasteiger partial charge in [-0.05, 0) is 12.3 Å². The molecule has 1 unspecified atom stereocenters. The van der Waals surface area contributed by atoms with Gasteiger partial charge in [-0.1, -0.05) is 20.8 Å². The van der Waals surface area contributed by atoms with Crippen LogP contribution in [0.2, 0.25) is 0 Å². The normalized spacial score (nSPS) is 14.6. The molecule has 6 nitrogen and oxygen atoms in total. The second kappa shape index (κ2) is 5.60. The minimum absolute atomic E-state index is 0.322. The molecule has 0 aromatic rings. The fraction of sp³-hybridized carbons (Fsp3) is 0.889. The van der Waals surface area contributed by atoms with Crippen LogP contribution >= 0.6 is 0 Å². The zero-order chi connectivity index (χ0) is 13.0. The van der Waals surface area contributed by atoms with Gasteiger partial charge in [0.15, 0.2) is 12.0 Å². The van der Waals surface area contributed by atoms with Crippen molar-refractivity contribution < 1.29 is 27.2 Å². The third-order valence-corrected chi connectivity index (χ3v) is 3.28. The quantitative estimate of drug-likeness (QED) is 0.338. The molecular formula is C9H18O6S. The third kappa shape index (κ3) is 4.91. The number of esters is 1. The lowest BCUT2D eigenvalue weighted by atomic mass is 9.92. The summed E-state index contributed by atoms with van der Waals surface area (Å²) in [5.41, 5.74) is -0.948. The zero-order valence-electron chi connectivity index (χ0n) is 9.89. The van der Waals surface area contributed by atoms with E-state index in [1.54, 1.807) is 6.92 Å². The van der Waals surface area contributed by atoms with Gasteiger partial charge in [0, 0.05) is 6.61 Å². The highest BCUT2D eigenvalue weighted by molar-refractivity contribution is 7.87. The Labute approximate surface area is 95.7 Å². The molecule has 0 aliphatic carbocycles. The van der Waals surface area contributed by atoms with E-state index in [1.807, 2.05) is 0 Å². The summed E-state index contributed by atoms with van der Waals surface area (Å²) >= 11 is 0. The van der Waals surface area contributed by atoms with Gasteiger partial charge in [-0.2, -0.15) is 8.42 Å². The maximum Gasteiger partial charge on any atom is 0.329 e. The average Bonchev–Trinajstić information content (AvgIpc) is 1.98. The molecular weight excluding hydrogens is 236 g/mol. The predicted octanol–water partition coefficient (Wildman–Crippen LogP) is 0.826. The Morgan fingerprint density at radius 3 is 2.19 bits per heavy atom. The summed E-state index contributed by atoms with van der Waals surface area (Å²) < 4.78 is 40.5. The third-order valence-electron chi connectivity index (χ3n) is 1.79. The topological polar surface area (TPSA) is 89.9 Å². The minimum atomic E-state index is -4.49. The monoisotopic (exact) mass is 254 g/mol. The zero-order valence-corrected chi connectivity index (χ0v) is 10.7. The molecule has 7 heteroatoms. The molecule has 0 saturated heterocycles. The van der Waals surface area contributed by atoms with Crippen molar-refractivity contribution in [3.8, 4) is 0 Å². The van der Waals surface area contributed by atoms with Crippen molar-refractivity contribution in [2.75, 3.05) is 13.4 Å². The molecule has 0 aliphatic rings. The first-order valence-corrected chi connectivity index (χ1v) is 6.31. The van der Waals surface area contributed by atoms with Crippen molar-refractivity contribution in [2.24, 2.45) is 5.41 Å². The van der Waals surface area contributed by atoms with Crippen molar-refractivity contribution in [1.82, 2.24) is 0 Å². The second-order valence-corrected chi connectivity index (χ2v) is 5.84.